The van der Waals surface area contributed by atoms with E-state index < -0.39 is 0 Å². The van der Waals surface area contributed by atoms with Crippen molar-refractivity contribution in [2.75, 3.05) is 26.5 Å². The molecule has 0 saturated carbocycles. The first-order chi connectivity index (χ1) is 11.2. The van der Waals surface area contributed by atoms with Crippen LogP contribution in [0.2, 0.25) is 0 Å². The number of ether oxygens (including phenoxy) is 3. The summed E-state index contributed by atoms with van der Waals surface area (Å²) in [6, 6.07) is 5.14. The van der Waals surface area contributed by atoms with E-state index in [2.05, 4.69) is 6.92 Å². The largest absolute Gasteiger partial charge is 0.466 e. The summed E-state index contributed by atoms with van der Waals surface area (Å²) in [6.07, 6.45) is 2.07. The predicted octanol–water partition coefficient (Wildman–Crippen LogP) is 2.61. The Hall–Kier alpha value is -2.24. The number of esters is 1. The van der Waals surface area contributed by atoms with Crippen LogP contribution in [0.25, 0.3) is 0 Å². The molecule has 6 heteroatoms. The first kappa shape index (κ1) is 17.1. The van der Waals surface area contributed by atoms with Crippen molar-refractivity contribution in [2.24, 2.45) is 0 Å². The van der Waals surface area contributed by atoms with Gasteiger partial charge in [-0.15, -0.1) is 0 Å². The smallest absolute Gasteiger partial charge is 0.307 e. The molecule has 1 aromatic rings. The van der Waals surface area contributed by atoms with Crippen LogP contribution < -0.4 is 9.47 Å². The lowest BCUT2D eigenvalue weighted by Crippen LogP contribution is -2.34. The van der Waals surface area contributed by atoms with Crippen LogP contribution >= 0.6 is 0 Å². The fourth-order valence-corrected chi connectivity index (χ4v) is 2.34. The minimum Gasteiger partial charge on any atom is -0.466 e. The molecule has 0 radical (unpaired) electrons. The number of amides is 1. The van der Waals surface area contributed by atoms with E-state index in [1.54, 1.807) is 30.0 Å². The van der Waals surface area contributed by atoms with Gasteiger partial charge in [-0.3, -0.25) is 9.59 Å². The van der Waals surface area contributed by atoms with Crippen LogP contribution in [0, 0.1) is 0 Å². The molecule has 126 valence electrons. The van der Waals surface area contributed by atoms with Crippen molar-refractivity contribution in [3.63, 3.8) is 0 Å². The molecule has 0 aromatic heterocycles. The number of hydrogen-bond donors (Lipinski definition) is 0. The number of nitrogens with zero attached hydrogens (tertiary/aromatic N) is 1. The molecule has 0 aliphatic carbocycles. The van der Waals surface area contributed by atoms with E-state index in [0.717, 1.165) is 12.8 Å². The first-order valence-corrected chi connectivity index (χ1v) is 8.00. The molecule has 0 fully saturated rings. The molecule has 0 bridgehead atoms. The van der Waals surface area contributed by atoms with Gasteiger partial charge < -0.3 is 19.1 Å². The maximum atomic E-state index is 12.7. The Morgan fingerprint density at radius 2 is 1.96 bits per heavy atom. The standard InChI is InChI=1S/C17H23NO5/c1-3-5-9-18(10-8-16(19)21-4-2)17(20)13-6-7-14-15(11-13)23-12-22-14/h6-7,11H,3-5,8-10,12H2,1-2H3. The van der Waals surface area contributed by atoms with Gasteiger partial charge in [0.15, 0.2) is 11.5 Å². The maximum Gasteiger partial charge on any atom is 0.307 e. The van der Waals surface area contributed by atoms with Gasteiger partial charge in [-0.2, -0.15) is 0 Å². The van der Waals surface area contributed by atoms with E-state index in [9.17, 15) is 9.59 Å². The Labute approximate surface area is 136 Å². The number of carbonyl (C=O) groups is 2. The number of carbonyl (C=O) groups excluding carboxylic acids is 2. The lowest BCUT2D eigenvalue weighted by atomic mass is 10.1. The Kier molecular flexibility index (Phi) is 6.26. The summed E-state index contributed by atoms with van der Waals surface area (Å²) >= 11 is 0. The van der Waals surface area contributed by atoms with E-state index in [-0.39, 0.29) is 25.1 Å². The van der Waals surface area contributed by atoms with Gasteiger partial charge >= 0.3 is 5.97 Å². The van der Waals surface area contributed by atoms with Gasteiger partial charge in [-0.25, -0.2) is 0 Å². The Balaban J connectivity index is 2.04. The third kappa shape index (κ3) is 4.61. The summed E-state index contributed by atoms with van der Waals surface area (Å²) in [5, 5.41) is 0. The topological polar surface area (TPSA) is 65.1 Å². The number of rotatable bonds is 8. The summed E-state index contributed by atoms with van der Waals surface area (Å²) in [7, 11) is 0. The molecule has 0 saturated heterocycles. The van der Waals surface area contributed by atoms with Gasteiger partial charge in [0.25, 0.3) is 5.91 Å². The molecule has 0 unspecified atom stereocenters. The average Bonchev–Trinajstić information content (AvgIpc) is 3.02. The van der Waals surface area contributed by atoms with E-state index >= 15 is 0 Å². The quantitative estimate of drug-likeness (QED) is 0.689. The summed E-state index contributed by atoms with van der Waals surface area (Å²) in [4.78, 5) is 25.9. The van der Waals surface area contributed by atoms with E-state index in [0.29, 0.717) is 36.8 Å². The molecular weight excluding hydrogens is 298 g/mol. The van der Waals surface area contributed by atoms with Crippen LogP contribution in [0.3, 0.4) is 0 Å². The predicted molar refractivity (Wildman–Crippen MR) is 84.6 cm³/mol. The van der Waals surface area contributed by atoms with Crippen molar-refractivity contribution in [3.8, 4) is 11.5 Å². The van der Waals surface area contributed by atoms with Crippen molar-refractivity contribution in [1.29, 1.82) is 0 Å². The monoisotopic (exact) mass is 321 g/mol. The van der Waals surface area contributed by atoms with Crippen molar-refractivity contribution in [1.82, 2.24) is 4.90 Å². The molecule has 1 aliphatic rings. The third-order valence-corrected chi connectivity index (χ3v) is 3.58. The van der Waals surface area contributed by atoms with Gasteiger partial charge in [-0.05, 0) is 31.5 Å². The molecule has 0 N–H and O–H groups in total. The lowest BCUT2D eigenvalue weighted by molar-refractivity contribution is -0.143. The minimum absolute atomic E-state index is 0.110. The highest BCUT2D eigenvalue weighted by atomic mass is 16.7. The van der Waals surface area contributed by atoms with Crippen molar-refractivity contribution < 1.29 is 23.8 Å². The van der Waals surface area contributed by atoms with Gasteiger partial charge in [-0.1, -0.05) is 13.3 Å². The Morgan fingerprint density at radius 3 is 2.70 bits per heavy atom. The van der Waals surface area contributed by atoms with Gasteiger partial charge in [0.05, 0.1) is 13.0 Å². The first-order valence-electron chi connectivity index (χ1n) is 8.00. The molecule has 6 nitrogen and oxygen atoms in total. The summed E-state index contributed by atoms with van der Waals surface area (Å²) in [6.45, 7) is 5.33. The second-order valence-corrected chi connectivity index (χ2v) is 5.27. The highest BCUT2D eigenvalue weighted by Crippen LogP contribution is 2.32. The van der Waals surface area contributed by atoms with Gasteiger partial charge in [0, 0.05) is 18.7 Å². The highest BCUT2D eigenvalue weighted by molar-refractivity contribution is 5.95. The van der Waals surface area contributed by atoms with Gasteiger partial charge in [0.2, 0.25) is 6.79 Å². The Morgan fingerprint density at radius 1 is 1.17 bits per heavy atom. The molecule has 1 aliphatic heterocycles. The van der Waals surface area contributed by atoms with E-state index in [4.69, 9.17) is 14.2 Å². The summed E-state index contributed by atoms with van der Waals surface area (Å²) in [5.41, 5.74) is 0.536. The molecule has 23 heavy (non-hydrogen) atoms. The SMILES string of the molecule is CCCCN(CCC(=O)OCC)C(=O)c1ccc2c(c1)OCO2. The fraction of sp³-hybridized carbons (Fsp3) is 0.529. The van der Waals surface area contributed by atoms with Crippen molar-refractivity contribution in [2.45, 2.75) is 33.1 Å². The van der Waals surface area contributed by atoms with Crippen LogP contribution in [0.1, 0.15) is 43.5 Å². The summed E-state index contributed by atoms with van der Waals surface area (Å²) < 4.78 is 15.5. The van der Waals surface area contributed by atoms with Gasteiger partial charge in [0.1, 0.15) is 0 Å². The normalized spacial score (nSPS) is 12.1. The molecule has 0 atom stereocenters. The molecular formula is C17H23NO5. The maximum absolute atomic E-state index is 12.7. The zero-order chi connectivity index (χ0) is 16.7. The van der Waals surface area contributed by atoms with Crippen LogP contribution in [0.4, 0.5) is 0 Å². The number of fused-ring (bicyclic) bond motifs is 1. The minimum atomic E-state index is -0.285. The van der Waals surface area contributed by atoms with Crippen molar-refractivity contribution in [3.05, 3.63) is 23.8 Å². The summed E-state index contributed by atoms with van der Waals surface area (Å²) in [5.74, 6) is 0.832. The van der Waals surface area contributed by atoms with Crippen LogP contribution in [-0.2, 0) is 9.53 Å². The van der Waals surface area contributed by atoms with Crippen LogP contribution in [0.5, 0.6) is 11.5 Å². The van der Waals surface area contributed by atoms with Crippen molar-refractivity contribution >= 4 is 11.9 Å². The van der Waals surface area contributed by atoms with Crippen LogP contribution in [-0.4, -0.2) is 43.3 Å². The molecule has 1 aromatic carbocycles. The second kappa shape index (κ2) is 8.41. The molecule has 2 rings (SSSR count). The van der Waals surface area contributed by atoms with Crippen LogP contribution in [0.15, 0.2) is 18.2 Å². The fourth-order valence-electron chi connectivity index (χ4n) is 2.34. The third-order valence-electron chi connectivity index (χ3n) is 3.58. The number of unbranched alkanes of at least 4 members (excludes halogenated alkanes) is 1. The molecule has 1 amide bonds. The molecule has 1 heterocycles. The number of hydrogen-bond acceptors (Lipinski definition) is 5. The average molecular weight is 321 g/mol. The van der Waals surface area contributed by atoms with E-state index in [1.165, 1.54) is 0 Å². The molecule has 0 spiro atoms. The lowest BCUT2D eigenvalue weighted by Gasteiger charge is -2.22. The highest BCUT2D eigenvalue weighted by Gasteiger charge is 2.20. The Bertz CT molecular complexity index is 558. The second-order valence-electron chi connectivity index (χ2n) is 5.27. The zero-order valence-corrected chi connectivity index (χ0v) is 13.7. The zero-order valence-electron chi connectivity index (χ0n) is 13.7. The van der Waals surface area contributed by atoms with E-state index in [1.807, 2.05) is 0 Å². The number of benzene rings is 1.